The van der Waals surface area contributed by atoms with Crippen molar-refractivity contribution in [1.82, 2.24) is 0 Å². The Labute approximate surface area is 152 Å². The van der Waals surface area contributed by atoms with E-state index in [0.29, 0.717) is 11.1 Å². The van der Waals surface area contributed by atoms with Crippen LogP contribution in [0.4, 0.5) is 0 Å². The Morgan fingerprint density at radius 3 is 2.96 bits per heavy atom. The van der Waals surface area contributed by atoms with Crippen LogP contribution in [0.2, 0.25) is 0 Å². The van der Waals surface area contributed by atoms with Crippen LogP contribution in [0, 0.1) is 11.8 Å². The van der Waals surface area contributed by atoms with E-state index in [0.717, 1.165) is 42.3 Å². The van der Waals surface area contributed by atoms with E-state index < -0.39 is 0 Å². The van der Waals surface area contributed by atoms with Gasteiger partial charge in [0.05, 0.1) is 5.56 Å². The third-order valence-electron chi connectivity index (χ3n) is 4.73. The van der Waals surface area contributed by atoms with E-state index in [9.17, 15) is 4.79 Å². The molecule has 128 valence electrons. The first-order valence-corrected chi connectivity index (χ1v) is 8.93. The Kier molecular flexibility index (Phi) is 4.41. The second-order valence-electron chi connectivity index (χ2n) is 6.62. The molecule has 1 aliphatic carbocycles. The van der Waals surface area contributed by atoms with Gasteiger partial charge >= 0.3 is 5.63 Å². The predicted molar refractivity (Wildman–Crippen MR) is 103 cm³/mol. The van der Waals surface area contributed by atoms with Crippen molar-refractivity contribution in [1.29, 1.82) is 0 Å². The number of hydrogen-bond donors (Lipinski definition) is 0. The summed E-state index contributed by atoms with van der Waals surface area (Å²) in [5, 5.41) is 0.947. The minimum atomic E-state index is -0.328. The van der Waals surface area contributed by atoms with Crippen LogP contribution in [0.1, 0.15) is 41.6 Å². The van der Waals surface area contributed by atoms with Gasteiger partial charge in [0.15, 0.2) is 6.20 Å². The molecule has 0 amide bonds. The van der Waals surface area contributed by atoms with Crippen molar-refractivity contribution in [3.63, 3.8) is 0 Å². The molecule has 0 bridgehead atoms. The van der Waals surface area contributed by atoms with Crippen LogP contribution in [-0.4, -0.2) is 0 Å². The van der Waals surface area contributed by atoms with E-state index in [1.807, 2.05) is 60.3 Å². The topological polar surface area (TPSA) is 34.1 Å². The van der Waals surface area contributed by atoms with Gasteiger partial charge in [0, 0.05) is 35.6 Å². The molecule has 1 aliphatic rings. The van der Waals surface area contributed by atoms with Gasteiger partial charge in [-0.1, -0.05) is 11.8 Å². The summed E-state index contributed by atoms with van der Waals surface area (Å²) in [4.78, 5) is 12.4. The Hall–Kier alpha value is -3.12. The number of rotatable bonds is 2. The van der Waals surface area contributed by atoms with E-state index in [1.54, 1.807) is 0 Å². The van der Waals surface area contributed by atoms with Gasteiger partial charge in [-0.15, -0.1) is 0 Å². The number of nitrogens with zero attached hydrogens (tertiary/aromatic N) is 1. The zero-order valence-electron chi connectivity index (χ0n) is 14.8. The molecule has 0 N–H and O–H groups in total. The van der Waals surface area contributed by atoms with Gasteiger partial charge in [0.2, 0.25) is 5.69 Å². The second-order valence-corrected chi connectivity index (χ2v) is 6.62. The zero-order chi connectivity index (χ0) is 17.9. The molecule has 0 radical (unpaired) electrons. The molecule has 1 aromatic carbocycles. The minimum absolute atomic E-state index is 0.328. The third-order valence-corrected chi connectivity index (χ3v) is 4.73. The number of fused-ring (bicyclic) bond motifs is 2. The van der Waals surface area contributed by atoms with Gasteiger partial charge in [-0.2, -0.15) is 0 Å². The number of pyridine rings is 1. The zero-order valence-corrected chi connectivity index (χ0v) is 14.8. The molecule has 4 rings (SSSR count). The highest BCUT2D eigenvalue weighted by Gasteiger charge is 2.10. The Bertz CT molecular complexity index is 1130. The lowest BCUT2D eigenvalue weighted by atomic mass is 9.97. The molecule has 0 aliphatic heterocycles. The molecule has 2 heterocycles. The maximum absolute atomic E-state index is 12.4. The molecule has 0 spiro atoms. The highest BCUT2D eigenvalue weighted by Crippen LogP contribution is 2.23. The summed E-state index contributed by atoms with van der Waals surface area (Å²) in [5.74, 6) is 6.41. The summed E-state index contributed by atoms with van der Waals surface area (Å²) in [6, 6.07) is 11.9. The van der Waals surface area contributed by atoms with E-state index in [4.69, 9.17) is 4.42 Å². The molecule has 0 fully saturated rings. The van der Waals surface area contributed by atoms with Crippen molar-refractivity contribution >= 4 is 23.1 Å². The predicted octanol–water partition coefficient (Wildman–Crippen LogP) is 3.87. The van der Waals surface area contributed by atoms with Crippen LogP contribution in [0.15, 0.2) is 51.8 Å². The Morgan fingerprint density at radius 2 is 2.08 bits per heavy atom. The maximum atomic E-state index is 12.4. The minimum Gasteiger partial charge on any atom is -0.422 e. The number of benzene rings is 1. The fourth-order valence-corrected chi connectivity index (χ4v) is 3.24. The van der Waals surface area contributed by atoms with Crippen molar-refractivity contribution in [3.8, 4) is 11.8 Å². The van der Waals surface area contributed by atoms with Crippen LogP contribution in [-0.2, 0) is 13.5 Å². The fraction of sp³-hybridized carbons (Fsp3) is 0.217. The first kappa shape index (κ1) is 16.4. The largest absolute Gasteiger partial charge is 0.422 e. The smallest absolute Gasteiger partial charge is 0.343 e. The molecule has 3 heteroatoms. The molecular formula is C23H20NO2+. The number of aryl methyl sites for hydroxylation is 2. The normalized spacial score (nSPS) is 13.7. The van der Waals surface area contributed by atoms with Crippen molar-refractivity contribution in [2.75, 3.05) is 0 Å². The molecule has 0 unspecified atom stereocenters. The van der Waals surface area contributed by atoms with E-state index in [1.165, 1.54) is 5.56 Å². The van der Waals surface area contributed by atoms with E-state index >= 15 is 0 Å². The average Bonchev–Trinajstić information content (AvgIpc) is 2.61. The Balaban J connectivity index is 1.78. The lowest BCUT2D eigenvalue weighted by Gasteiger charge is -2.09. The van der Waals surface area contributed by atoms with Gasteiger partial charge in [-0.3, -0.25) is 0 Å². The quantitative estimate of drug-likeness (QED) is 0.402. The van der Waals surface area contributed by atoms with Crippen LogP contribution < -0.4 is 10.2 Å². The molecule has 0 atom stereocenters. The second kappa shape index (κ2) is 7.01. The molecular weight excluding hydrogens is 322 g/mol. The first-order valence-electron chi connectivity index (χ1n) is 8.93. The van der Waals surface area contributed by atoms with Crippen molar-refractivity contribution in [3.05, 3.63) is 75.4 Å². The third kappa shape index (κ3) is 3.32. The monoisotopic (exact) mass is 342 g/mol. The molecule has 2 aromatic heterocycles. The summed E-state index contributed by atoms with van der Waals surface area (Å²) >= 11 is 0. The van der Waals surface area contributed by atoms with Crippen molar-refractivity contribution < 1.29 is 8.98 Å². The van der Waals surface area contributed by atoms with Gasteiger partial charge in [0.25, 0.3) is 0 Å². The fourth-order valence-electron chi connectivity index (χ4n) is 3.24. The number of aromatic nitrogens is 1. The maximum Gasteiger partial charge on any atom is 0.343 e. The molecule has 3 nitrogen and oxygen atoms in total. The SMILES string of the molecule is C[n+]1ccccc1/C=C/c1cc2cc3c(cc2oc1=O)C#CCCCC3. The van der Waals surface area contributed by atoms with E-state index in [2.05, 4.69) is 17.9 Å². The molecule has 3 aromatic rings. The van der Waals surface area contributed by atoms with Crippen molar-refractivity contribution in [2.24, 2.45) is 7.05 Å². The van der Waals surface area contributed by atoms with Crippen LogP contribution in [0.25, 0.3) is 23.1 Å². The summed E-state index contributed by atoms with van der Waals surface area (Å²) < 4.78 is 7.57. The van der Waals surface area contributed by atoms with Crippen LogP contribution in [0.5, 0.6) is 0 Å². The van der Waals surface area contributed by atoms with Crippen LogP contribution in [0.3, 0.4) is 0 Å². The van der Waals surface area contributed by atoms with Gasteiger partial charge < -0.3 is 4.42 Å². The number of hydrogen-bond acceptors (Lipinski definition) is 2. The first-order chi connectivity index (χ1) is 12.7. The highest BCUT2D eigenvalue weighted by atomic mass is 16.4. The molecule has 0 saturated heterocycles. The summed E-state index contributed by atoms with van der Waals surface area (Å²) in [5.41, 5.74) is 4.07. The molecule has 0 saturated carbocycles. The van der Waals surface area contributed by atoms with Gasteiger partial charge in [0.1, 0.15) is 12.6 Å². The van der Waals surface area contributed by atoms with Gasteiger partial charge in [-0.05, 0) is 55.2 Å². The summed E-state index contributed by atoms with van der Waals surface area (Å²) in [7, 11) is 1.97. The van der Waals surface area contributed by atoms with Crippen molar-refractivity contribution in [2.45, 2.75) is 25.7 Å². The highest BCUT2D eigenvalue weighted by molar-refractivity contribution is 5.82. The lowest BCUT2D eigenvalue weighted by molar-refractivity contribution is -0.673. The lowest BCUT2D eigenvalue weighted by Crippen LogP contribution is -2.30. The Morgan fingerprint density at radius 1 is 1.15 bits per heavy atom. The van der Waals surface area contributed by atoms with E-state index in [-0.39, 0.29) is 5.63 Å². The molecule has 26 heavy (non-hydrogen) atoms. The van der Waals surface area contributed by atoms with Crippen LogP contribution >= 0.6 is 0 Å². The average molecular weight is 342 g/mol. The standard InChI is InChI=1S/C23H20NO2/c1-24-13-7-6-10-21(24)12-11-19-15-20-14-17-8-4-2-3-5-9-18(17)16-22(20)26-23(19)25/h6-7,10-16H,2-4,8H2,1H3/q+1/b12-11+. The summed E-state index contributed by atoms with van der Waals surface area (Å²) in [6.45, 7) is 0. The van der Waals surface area contributed by atoms with Gasteiger partial charge in [-0.25, -0.2) is 9.36 Å². The summed E-state index contributed by atoms with van der Waals surface area (Å²) in [6.07, 6.45) is 9.94.